The fraction of sp³-hybridized carbons (Fsp3) is 0.462. The number of nitrogens with one attached hydrogen (secondary N) is 2. The Morgan fingerprint density at radius 3 is 2.75 bits per heavy atom. The van der Waals surface area contributed by atoms with E-state index in [0.717, 1.165) is 0 Å². The number of halogens is 1. The van der Waals surface area contributed by atoms with Crippen LogP contribution in [0.25, 0.3) is 0 Å². The highest BCUT2D eigenvalue weighted by atomic mass is 35.5. The van der Waals surface area contributed by atoms with Crippen molar-refractivity contribution < 1.29 is 9.72 Å². The molecule has 2 N–H and O–H groups in total. The van der Waals surface area contributed by atoms with E-state index in [9.17, 15) is 14.9 Å². The van der Waals surface area contributed by atoms with Crippen LogP contribution in [-0.2, 0) is 11.3 Å². The molecule has 7 heteroatoms. The van der Waals surface area contributed by atoms with Crippen LogP contribution in [0, 0.1) is 10.1 Å². The summed E-state index contributed by atoms with van der Waals surface area (Å²) in [7, 11) is 0. The molecule has 0 heterocycles. The first kappa shape index (κ1) is 16.4. The van der Waals surface area contributed by atoms with Crippen LogP contribution in [0.2, 0.25) is 5.02 Å². The van der Waals surface area contributed by atoms with Crippen molar-refractivity contribution in [3.63, 3.8) is 0 Å². The maximum Gasteiger partial charge on any atom is 0.273 e. The van der Waals surface area contributed by atoms with Gasteiger partial charge in [0.1, 0.15) is 0 Å². The summed E-state index contributed by atoms with van der Waals surface area (Å²) in [5, 5.41) is 17.1. The maximum absolute atomic E-state index is 11.4. The van der Waals surface area contributed by atoms with Gasteiger partial charge in [0.05, 0.1) is 4.92 Å². The minimum Gasteiger partial charge on any atom is -0.354 e. The quantitative estimate of drug-likeness (QED) is 0.459. The van der Waals surface area contributed by atoms with Crippen LogP contribution >= 0.6 is 11.6 Å². The predicted octanol–water partition coefficient (Wildman–Crippen LogP) is 2.25. The van der Waals surface area contributed by atoms with Gasteiger partial charge in [-0.3, -0.25) is 14.9 Å². The molecular formula is C13H18ClN3O3. The lowest BCUT2D eigenvalue weighted by Crippen LogP contribution is -2.32. The molecule has 20 heavy (non-hydrogen) atoms. The summed E-state index contributed by atoms with van der Waals surface area (Å²) in [6.45, 7) is 4.52. The van der Waals surface area contributed by atoms with Gasteiger partial charge < -0.3 is 10.6 Å². The third-order valence-corrected chi connectivity index (χ3v) is 2.77. The Morgan fingerprint density at radius 1 is 1.45 bits per heavy atom. The molecule has 0 fully saturated rings. The highest BCUT2D eigenvalue weighted by Crippen LogP contribution is 2.22. The van der Waals surface area contributed by atoms with Gasteiger partial charge in [-0.05, 0) is 26.0 Å². The van der Waals surface area contributed by atoms with Crippen molar-refractivity contribution in [3.8, 4) is 0 Å². The number of carbonyl (C=O) groups excluding carboxylic acids is 1. The average Bonchev–Trinajstić information content (AvgIpc) is 2.33. The summed E-state index contributed by atoms with van der Waals surface area (Å²) < 4.78 is 0. The van der Waals surface area contributed by atoms with E-state index in [0.29, 0.717) is 30.1 Å². The Hall–Kier alpha value is -1.66. The zero-order chi connectivity index (χ0) is 15.1. The molecule has 6 nitrogen and oxygen atoms in total. The molecule has 1 aromatic rings. The molecular weight excluding hydrogens is 282 g/mol. The molecule has 0 aliphatic heterocycles. The van der Waals surface area contributed by atoms with E-state index < -0.39 is 4.92 Å². The smallest absolute Gasteiger partial charge is 0.273 e. The topological polar surface area (TPSA) is 84.3 Å². The van der Waals surface area contributed by atoms with Crippen LogP contribution in [-0.4, -0.2) is 23.4 Å². The lowest BCUT2D eigenvalue weighted by atomic mass is 10.2. The largest absolute Gasteiger partial charge is 0.354 e. The van der Waals surface area contributed by atoms with Crippen LogP contribution in [0.4, 0.5) is 5.69 Å². The summed E-state index contributed by atoms with van der Waals surface area (Å²) in [5.41, 5.74) is 0.528. The summed E-state index contributed by atoms with van der Waals surface area (Å²) in [6, 6.07) is 4.53. The molecule has 0 unspecified atom stereocenters. The fourth-order valence-corrected chi connectivity index (χ4v) is 1.89. The van der Waals surface area contributed by atoms with Crippen LogP contribution in [0.5, 0.6) is 0 Å². The highest BCUT2D eigenvalue weighted by Gasteiger charge is 2.13. The van der Waals surface area contributed by atoms with E-state index in [2.05, 4.69) is 10.6 Å². The molecule has 0 aliphatic carbocycles. The SMILES string of the molecule is CC(C)NC(=O)CCNCc1cc(Cl)ccc1[N+](=O)[O-]. The minimum atomic E-state index is -0.446. The Kier molecular flexibility index (Phi) is 6.41. The molecule has 0 atom stereocenters. The number of nitro benzene ring substituents is 1. The average molecular weight is 300 g/mol. The van der Waals surface area contributed by atoms with Crippen molar-refractivity contribution in [1.82, 2.24) is 10.6 Å². The van der Waals surface area contributed by atoms with Crippen LogP contribution in [0.1, 0.15) is 25.8 Å². The minimum absolute atomic E-state index is 0.0218. The van der Waals surface area contributed by atoms with Crippen molar-refractivity contribution in [3.05, 3.63) is 38.9 Å². The highest BCUT2D eigenvalue weighted by molar-refractivity contribution is 6.30. The summed E-state index contributed by atoms with van der Waals surface area (Å²) >= 11 is 5.83. The van der Waals surface area contributed by atoms with Gasteiger partial charge in [-0.2, -0.15) is 0 Å². The Morgan fingerprint density at radius 2 is 2.15 bits per heavy atom. The lowest BCUT2D eigenvalue weighted by molar-refractivity contribution is -0.385. The molecule has 0 saturated carbocycles. The van der Waals surface area contributed by atoms with Crippen LogP contribution < -0.4 is 10.6 Å². The second-order valence-corrected chi connectivity index (χ2v) is 5.12. The monoisotopic (exact) mass is 299 g/mol. The van der Waals surface area contributed by atoms with E-state index in [-0.39, 0.29) is 17.6 Å². The Labute approximate surface area is 122 Å². The molecule has 110 valence electrons. The second-order valence-electron chi connectivity index (χ2n) is 4.68. The van der Waals surface area contributed by atoms with Crippen molar-refractivity contribution in [2.24, 2.45) is 0 Å². The van der Waals surface area contributed by atoms with Gasteiger partial charge in [-0.1, -0.05) is 11.6 Å². The molecule has 1 amide bonds. The summed E-state index contributed by atoms with van der Waals surface area (Å²) in [4.78, 5) is 21.8. The van der Waals surface area contributed by atoms with Crippen molar-refractivity contribution in [2.45, 2.75) is 32.9 Å². The Balaban J connectivity index is 2.48. The van der Waals surface area contributed by atoms with Crippen molar-refractivity contribution >= 4 is 23.2 Å². The predicted molar refractivity (Wildman–Crippen MR) is 77.7 cm³/mol. The third-order valence-electron chi connectivity index (χ3n) is 2.53. The zero-order valence-electron chi connectivity index (χ0n) is 11.5. The molecule has 0 aromatic heterocycles. The van der Waals surface area contributed by atoms with Crippen LogP contribution in [0.3, 0.4) is 0 Å². The molecule has 0 spiro atoms. The van der Waals surface area contributed by atoms with E-state index in [1.807, 2.05) is 13.8 Å². The first-order valence-corrected chi connectivity index (χ1v) is 6.71. The van der Waals surface area contributed by atoms with E-state index in [4.69, 9.17) is 11.6 Å². The summed E-state index contributed by atoms with van der Waals surface area (Å²) in [6.07, 6.45) is 0.326. The summed E-state index contributed by atoms with van der Waals surface area (Å²) in [5.74, 6) is -0.0481. The maximum atomic E-state index is 11.4. The number of rotatable bonds is 7. The van der Waals surface area contributed by atoms with Gasteiger partial charge in [0.25, 0.3) is 5.69 Å². The van der Waals surface area contributed by atoms with Gasteiger partial charge in [0.15, 0.2) is 0 Å². The van der Waals surface area contributed by atoms with Crippen molar-refractivity contribution in [1.29, 1.82) is 0 Å². The third kappa shape index (κ3) is 5.54. The standard InChI is InChI=1S/C13H18ClN3O3/c1-9(2)16-13(18)5-6-15-8-10-7-11(14)3-4-12(10)17(19)20/h3-4,7,9,15H,5-6,8H2,1-2H3,(H,16,18). The number of carbonyl (C=O) groups is 1. The molecule has 1 aromatic carbocycles. The molecule has 0 bridgehead atoms. The number of nitrogens with zero attached hydrogens (tertiary/aromatic N) is 1. The number of hydrogen-bond donors (Lipinski definition) is 2. The molecule has 0 radical (unpaired) electrons. The number of hydrogen-bond acceptors (Lipinski definition) is 4. The molecule has 0 aliphatic rings. The number of benzene rings is 1. The second kappa shape index (κ2) is 7.81. The van der Waals surface area contributed by atoms with E-state index in [1.54, 1.807) is 6.07 Å². The molecule has 0 saturated heterocycles. The van der Waals surface area contributed by atoms with Gasteiger partial charge >= 0.3 is 0 Å². The van der Waals surface area contributed by atoms with E-state index in [1.165, 1.54) is 12.1 Å². The molecule has 1 rings (SSSR count). The lowest BCUT2D eigenvalue weighted by Gasteiger charge is -2.09. The fourth-order valence-electron chi connectivity index (χ4n) is 1.69. The van der Waals surface area contributed by atoms with Crippen molar-refractivity contribution in [2.75, 3.05) is 6.54 Å². The first-order chi connectivity index (χ1) is 9.40. The first-order valence-electron chi connectivity index (χ1n) is 6.33. The van der Waals surface area contributed by atoms with Crippen LogP contribution in [0.15, 0.2) is 18.2 Å². The zero-order valence-corrected chi connectivity index (χ0v) is 12.2. The number of amides is 1. The van der Waals surface area contributed by atoms with Gasteiger partial charge in [0.2, 0.25) is 5.91 Å². The normalized spacial score (nSPS) is 10.6. The van der Waals surface area contributed by atoms with Gasteiger partial charge in [-0.25, -0.2) is 0 Å². The van der Waals surface area contributed by atoms with Gasteiger partial charge in [0, 0.05) is 42.2 Å². The van der Waals surface area contributed by atoms with E-state index >= 15 is 0 Å². The Bertz CT molecular complexity index is 492. The van der Waals surface area contributed by atoms with Gasteiger partial charge in [-0.15, -0.1) is 0 Å². The number of nitro groups is 1.